The van der Waals surface area contributed by atoms with E-state index in [9.17, 15) is 14.7 Å². The second kappa shape index (κ2) is 7.73. The minimum Gasteiger partial charge on any atom is -0.396 e. The van der Waals surface area contributed by atoms with Crippen LogP contribution in [0.4, 0.5) is 0 Å². The number of aromatic nitrogens is 2. The Balaban J connectivity index is 2.09. The predicted octanol–water partition coefficient (Wildman–Crippen LogP) is 1.67. The van der Waals surface area contributed by atoms with Gasteiger partial charge in [0.2, 0.25) is 0 Å². The number of Topliss-reactive ketones (excluding diaryl/α,β-unsaturated/α-hetero) is 1. The zero-order valence-corrected chi connectivity index (χ0v) is 14.3. The van der Waals surface area contributed by atoms with Crippen LogP contribution in [0.2, 0.25) is 0 Å². The molecular formula is C17H27N3O3. The van der Waals surface area contributed by atoms with Gasteiger partial charge in [0.1, 0.15) is 0 Å². The summed E-state index contributed by atoms with van der Waals surface area (Å²) in [6, 6.07) is -0.131. The molecule has 0 radical (unpaired) electrons. The molecule has 1 amide bonds. The first-order valence-electron chi connectivity index (χ1n) is 8.42. The third kappa shape index (κ3) is 3.99. The summed E-state index contributed by atoms with van der Waals surface area (Å²) in [6.45, 7) is 3.54. The van der Waals surface area contributed by atoms with Crippen LogP contribution in [0.1, 0.15) is 60.3 Å². The van der Waals surface area contributed by atoms with Gasteiger partial charge in [-0.05, 0) is 39.0 Å². The lowest BCUT2D eigenvalue weighted by atomic mass is 9.82. The predicted molar refractivity (Wildman–Crippen MR) is 87.2 cm³/mol. The fourth-order valence-corrected chi connectivity index (χ4v) is 3.55. The number of carbonyl (C=O) groups is 2. The van der Waals surface area contributed by atoms with Crippen molar-refractivity contribution in [3.63, 3.8) is 0 Å². The third-order valence-corrected chi connectivity index (χ3v) is 4.92. The van der Waals surface area contributed by atoms with Crippen LogP contribution in [0.25, 0.3) is 0 Å². The van der Waals surface area contributed by atoms with Crippen molar-refractivity contribution in [2.24, 2.45) is 13.0 Å². The van der Waals surface area contributed by atoms with Crippen LogP contribution in [-0.2, 0) is 11.8 Å². The quantitative estimate of drug-likeness (QED) is 0.616. The molecule has 1 atom stereocenters. The molecule has 2 rings (SSSR count). The standard InChI is InChI=1S/C17H27N3O3/c1-11-15(12(2)20(3)19-11)16(22)17(23)18-14(9-10-21)13-7-5-4-6-8-13/h13-14,21H,4-10H2,1-3H3,(H,18,23). The van der Waals surface area contributed by atoms with Crippen LogP contribution in [0.5, 0.6) is 0 Å². The summed E-state index contributed by atoms with van der Waals surface area (Å²) < 4.78 is 1.61. The number of hydrogen-bond acceptors (Lipinski definition) is 4. The van der Waals surface area contributed by atoms with Crippen molar-refractivity contribution >= 4 is 11.7 Å². The molecule has 1 aliphatic rings. The van der Waals surface area contributed by atoms with E-state index in [0.717, 1.165) is 25.7 Å². The molecule has 1 heterocycles. The molecule has 6 nitrogen and oxygen atoms in total. The number of aliphatic hydroxyl groups excluding tert-OH is 1. The van der Waals surface area contributed by atoms with Crippen molar-refractivity contribution < 1.29 is 14.7 Å². The van der Waals surface area contributed by atoms with Gasteiger partial charge in [0, 0.05) is 25.4 Å². The van der Waals surface area contributed by atoms with Crippen molar-refractivity contribution in [1.82, 2.24) is 15.1 Å². The summed E-state index contributed by atoms with van der Waals surface area (Å²) in [5.41, 5.74) is 1.65. The average molecular weight is 321 g/mol. The summed E-state index contributed by atoms with van der Waals surface area (Å²) in [5, 5.41) is 16.3. The van der Waals surface area contributed by atoms with Crippen LogP contribution in [-0.4, -0.2) is 39.2 Å². The SMILES string of the molecule is Cc1nn(C)c(C)c1C(=O)C(=O)NC(CCO)C1CCCCC1. The Kier molecular flexibility index (Phi) is 5.93. The first-order valence-corrected chi connectivity index (χ1v) is 8.42. The molecule has 1 saturated carbocycles. The van der Waals surface area contributed by atoms with Crippen LogP contribution in [0.3, 0.4) is 0 Å². The zero-order valence-electron chi connectivity index (χ0n) is 14.3. The number of hydrogen-bond donors (Lipinski definition) is 2. The molecule has 2 N–H and O–H groups in total. The molecule has 0 bridgehead atoms. The Morgan fingerprint density at radius 2 is 1.96 bits per heavy atom. The molecule has 1 aromatic heterocycles. The van der Waals surface area contributed by atoms with E-state index in [1.54, 1.807) is 25.6 Å². The largest absolute Gasteiger partial charge is 0.396 e. The maximum Gasteiger partial charge on any atom is 0.292 e. The Morgan fingerprint density at radius 1 is 1.30 bits per heavy atom. The third-order valence-electron chi connectivity index (χ3n) is 4.92. The highest BCUT2D eigenvalue weighted by atomic mass is 16.3. The maximum atomic E-state index is 12.5. The van der Waals surface area contributed by atoms with Gasteiger partial charge in [-0.15, -0.1) is 0 Å². The van der Waals surface area contributed by atoms with Gasteiger partial charge >= 0.3 is 0 Å². The molecule has 1 aromatic rings. The Hall–Kier alpha value is -1.69. The number of nitrogens with one attached hydrogen (secondary N) is 1. The lowest BCUT2D eigenvalue weighted by Crippen LogP contribution is -2.44. The number of amides is 1. The van der Waals surface area contributed by atoms with Crippen LogP contribution in [0.15, 0.2) is 0 Å². The fraction of sp³-hybridized carbons (Fsp3) is 0.706. The molecule has 1 aliphatic carbocycles. The van der Waals surface area contributed by atoms with Gasteiger partial charge in [-0.2, -0.15) is 5.10 Å². The summed E-state index contributed by atoms with van der Waals surface area (Å²) in [4.78, 5) is 24.9. The molecule has 0 saturated heterocycles. The molecule has 1 fully saturated rings. The van der Waals surface area contributed by atoms with Gasteiger partial charge in [0.15, 0.2) is 0 Å². The molecular weight excluding hydrogens is 294 g/mol. The van der Waals surface area contributed by atoms with Crippen molar-refractivity contribution in [1.29, 1.82) is 0 Å². The Labute approximate surface area is 137 Å². The minimum absolute atomic E-state index is 0.0145. The first kappa shape index (κ1) is 17.7. The second-order valence-electron chi connectivity index (χ2n) is 6.49. The van der Waals surface area contributed by atoms with Gasteiger partial charge in [0.25, 0.3) is 11.7 Å². The van der Waals surface area contributed by atoms with Gasteiger partial charge in [0.05, 0.1) is 11.3 Å². The number of ketones is 1. The van der Waals surface area contributed by atoms with E-state index in [4.69, 9.17) is 0 Å². The minimum atomic E-state index is -0.590. The molecule has 0 spiro atoms. The maximum absolute atomic E-state index is 12.5. The molecule has 0 aromatic carbocycles. The lowest BCUT2D eigenvalue weighted by molar-refractivity contribution is -0.118. The summed E-state index contributed by atoms with van der Waals surface area (Å²) in [6.07, 6.45) is 6.11. The number of nitrogens with zero attached hydrogens (tertiary/aromatic N) is 2. The van der Waals surface area contributed by atoms with Gasteiger partial charge in [-0.3, -0.25) is 14.3 Å². The highest BCUT2D eigenvalue weighted by Crippen LogP contribution is 2.27. The normalized spacial score (nSPS) is 17.0. The second-order valence-corrected chi connectivity index (χ2v) is 6.49. The Morgan fingerprint density at radius 3 is 2.48 bits per heavy atom. The van der Waals surface area contributed by atoms with E-state index in [2.05, 4.69) is 10.4 Å². The number of aliphatic hydroxyl groups is 1. The molecule has 0 aliphatic heterocycles. The summed E-state index contributed by atoms with van der Waals surface area (Å²) in [7, 11) is 1.76. The van der Waals surface area contributed by atoms with Crippen molar-refractivity contribution in [3.05, 3.63) is 17.0 Å². The molecule has 23 heavy (non-hydrogen) atoms. The fourth-order valence-electron chi connectivity index (χ4n) is 3.55. The highest BCUT2D eigenvalue weighted by Gasteiger charge is 2.29. The number of aryl methyl sites for hydroxylation is 2. The van der Waals surface area contributed by atoms with E-state index in [0.29, 0.717) is 29.3 Å². The van der Waals surface area contributed by atoms with E-state index in [-0.39, 0.29) is 12.6 Å². The van der Waals surface area contributed by atoms with Crippen LogP contribution >= 0.6 is 0 Å². The Bertz CT molecular complexity index is 574. The van der Waals surface area contributed by atoms with Gasteiger partial charge in [-0.1, -0.05) is 19.3 Å². The van der Waals surface area contributed by atoms with Crippen molar-refractivity contribution in [2.45, 2.75) is 58.4 Å². The summed E-state index contributed by atoms with van der Waals surface area (Å²) in [5.74, 6) is -0.774. The molecule has 128 valence electrons. The number of rotatable bonds is 6. The van der Waals surface area contributed by atoms with E-state index < -0.39 is 11.7 Å². The smallest absolute Gasteiger partial charge is 0.292 e. The molecule has 1 unspecified atom stereocenters. The average Bonchev–Trinajstić information content (AvgIpc) is 2.79. The summed E-state index contributed by atoms with van der Waals surface area (Å²) >= 11 is 0. The highest BCUT2D eigenvalue weighted by molar-refractivity contribution is 6.43. The first-order chi connectivity index (χ1) is 11.0. The molecule has 6 heteroatoms. The van der Waals surface area contributed by atoms with E-state index in [1.807, 2.05) is 0 Å². The topological polar surface area (TPSA) is 84.2 Å². The zero-order chi connectivity index (χ0) is 17.0. The van der Waals surface area contributed by atoms with Gasteiger partial charge in [-0.25, -0.2) is 0 Å². The number of carbonyl (C=O) groups excluding carboxylic acids is 2. The van der Waals surface area contributed by atoms with Crippen LogP contribution < -0.4 is 5.32 Å². The van der Waals surface area contributed by atoms with Crippen molar-refractivity contribution in [2.75, 3.05) is 6.61 Å². The van der Waals surface area contributed by atoms with E-state index in [1.165, 1.54) is 6.42 Å². The lowest BCUT2D eigenvalue weighted by Gasteiger charge is -2.30. The van der Waals surface area contributed by atoms with Crippen LogP contribution in [0, 0.1) is 19.8 Å². The van der Waals surface area contributed by atoms with Crippen molar-refractivity contribution in [3.8, 4) is 0 Å². The monoisotopic (exact) mass is 321 g/mol. The van der Waals surface area contributed by atoms with E-state index >= 15 is 0 Å². The van der Waals surface area contributed by atoms with Gasteiger partial charge < -0.3 is 10.4 Å².